The molecule has 0 aliphatic rings. The zero-order chi connectivity index (χ0) is 15.8. The molecule has 0 radical (unpaired) electrons. The molecular weight excluding hydrogens is 281 g/mol. The number of amides is 1. The summed E-state index contributed by atoms with van der Waals surface area (Å²) in [5.74, 6) is 0.469. The van der Waals surface area contributed by atoms with Gasteiger partial charge in [-0.15, -0.1) is 0 Å². The van der Waals surface area contributed by atoms with Crippen molar-refractivity contribution in [1.82, 2.24) is 5.32 Å². The maximum absolute atomic E-state index is 13.4. The number of nitrogens with one attached hydrogen (secondary N) is 1. The number of rotatable bonds is 7. The first-order valence-electron chi connectivity index (χ1n) is 7.41. The highest BCUT2D eigenvalue weighted by Gasteiger charge is 2.05. The van der Waals surface area contributed by atoms with E-state index in [0.29, 0.717) is 25.1 Å². The van der Waals surface area contributed by atoms with Crippen LogP contribution >= 0.6 is 0 Å². The normalized spacial score (nSPS) is 10.3. The summed E-state index contributed by atoms with van der Waals surface area (Å²) < 4.78 is 18.8. The van der Waals surface area contributed by atoms with Gasteiger partial charge in [0.05, 0.1) is 6.61 Å². The van der Waals surface area contributed by atoms with E-state index >= 15 is 0 Å². The molecule has 4 heteroatoms. The van der Waals surface area contributed by atoms with Gasteiger partial charge in [0.1, 0.15) is 11.6 Å². The third-order valence-electron chi connectivity index (χ3n) is 3.30. The fraction of sp³-hybridized carbons (Fsp3) is 0.278. The van der Waals surface area contributed by atoms with Crippen LogP contribution in [0.1, 0.15) is 24.5 Å². The quantitative estimate of drug-likeness (QED) is 0.850. The van der Waals surface area contributed by atoms with Crippen LogP contribution in [0.3, 0.4) is 0 Å². The van der Waals surface area contributed by atoms with Crippen LogP contribution in [0.5, 0.6) is 5.75 Å². The minimum absolute atomic E-state index is 0.0860. The number of halogens is 1. The lowest BCUT2D eigenvalue weighted by molar-refractivity contribution is -0.121. The lowest BCUT2D eigenvalue weighted by Crippen LogP contribution is -2.23. The van der Waals surface area contributed by atoms with Crippen LogP contribution in [0.2, 0.25) is 0 Å². The molecule has 0 saturated carbocycles. The summed E-state index contributed by atoms with van der Waals surface area (Å²) in [5.41, 5.74) is 1.57. The summed E-state index contributed by atoms with van der Waals surface area (Å²) in [7, 11) is 0. The first-order chi connectivity index (χ1) is 10.7. The second kappa shape index (κ2) is 8.17. The van der Waals surface area contributed by atoms with Crippen LogP contribution in [0, 0.1) is 5.82 Å². The van der Waals surface area contributed by atoms with Crippen LogP contribution in [-0.2, 0) is 17.8 Å². The average molecular weight is 301 g/mol. The van der Waals surface area contributed by atoms with E-state index in [1.165, 1.54) is 6.07 Å². The first-order valence-corrected chi connectivity index (χ1v) is 7.41. The van der Waals surface area contributed by atoms with Gasteiger partial charge >= 0.3 is 0 Å². The predicted octanol–water partition coefficient (Wildman–Crippen LogP) is 3.47. The van der Waals surface area contributed by atoms with Crippen molar-refractivity contribution in [3.8, 4) is 5.75 Å². The summed E-state index contributed by atoms with van der Waals surface area (Å²) in [6.45, 7) is 3.03. The molecule has 2 rings (SSSR count). The number of carbonyl (C=O) groups is 1. The highest BCUT2D eigenvalue weighted by molar-refractivity contribution is 5.76. The van der Waals surface area contributed by atoms with Gasteiger partial charge in [0, 0.05) is 13.0 Å². The van der Waals surface area contributed by atoms with Crippen LogP contribution in [-0.4, -0.2) is 12.5 Å². The molecule has 0 saturated heterocycles. The highest BCUT2D eigenvalue weighted by Crippen LogP contribution is 2.12. The third kappa shape index (κ3) is 4.88. The van der Waals surface area contributed by atoms with E-state index in [2.05, 4.69) is 5.32 Å². The van der Waals surface area contributed by atoms with Crippen molar-refractivity contribution in [3.63, 3.8) is 0 Å². The van der Waals surface area contributed by atoms with E-state index in [-0.39, 0.29) is 18.1 Å². The van der Waals surface area contributed by atoms with Crippen molar-refractivity contribution >= 4 is 5.91 Å². The summed E-state index contributed by atoms with van der Waals surface area (Å²) >= 11 is 0. The Morgan fingerprint density at radius 2 is 1.86 bits per heavy atom. The molecule has 0 aliphatic heterocycles. The average Bonchev–Trinajstić information content (AvgIpc) is 2.54. The minimum atomic E-state index is -0.262. The molecule has 2 aromatic rings. The second-order valence-electron chi connectivity index (χ2n) is 4.95. The van der Waals surface area contributed by atoms with E-state index in [0.717, 1.165) is 11.3 Å². The maximum atomic E-state index is 13.4. The van der Waals surface area contributed by atoms with E-state index in [1.54, 1.807) is 18.2 Å². The van der Waals surface area contributed by atoms with E-state index in [4.69, 9.17) is 4.74 Å². The van der Waals surface area contributed by atoms with Crippen LogP contribution in [0.25, 0.3) is 0 Å². The molecule has 1 N–H and O–H groups in total. The number of benzene rings is 2. The molecule has 116 valence electrons. The van der Waals surface area contributed by atoms with E-state index in [9.17, 15) is 9.18 Å². The van der Waals surface area contributed by atoms with E-state index < -0.39 is 0 Å². The highest BCUT2D eigenvalue weighted by atomic mass is 19.1. The van der Waals surface area contributed by atoms with Crippen molar-refractivity contribution < 1.29 is 13.9 Å². The number of hydrogen-bond donors (Lipinski definition) is 1. The van der Waals surface area contributed by atoms with Gasteiger partial charge in [-0.25, -0.2) is 4.39 Å². The smallest absolute Gasteiger partial charge is 0.220 e. The monoisotopic (exact) mass is 301 g/mol. The Hall–Kier alpha value is -2.36. The topological polar surface area (TPSA) is 38.3 Å². The molecule has 0 spiro atoms. The molecule has 0 heterocycles. The van der Waals surface area contributed by atoms with Gasteiger partial charge in [-0.05, 0) is 42.7 Å². The first kappa shape index (κ1) is 16.0. The number of carbonyl (C=O) groups excluding carboxylic acids is 1. The second-order valence-corrected chi connectivity index (χ2v) is 4.95. The van der Waals surface area contributed by atoms with Gasteiger partial charge in [-0.3, -0.25) is 4.79 Å². The molecule has 0 aromatic heterocycles. The number of aryl methyl sites for hydroxylation is 1. The summed E-state index contributed by atoms with van der Waals surface area (Å²) in [6, 6.07) is 14.1. The van der Waals surface area contributed by atoms with Gasteiger partial charge in [-0.2, -0.15) is 0 Å². The third-order valence-corrected chi connectivity index (χ3v) is 3.30. The number of hydrogen-bond acceptors (Lipinski definition) is 2. The molecule has 0 atom stereocenters. The summed E-state index contributed by atoms with van der Waals surface area (Å²) in [5, 5.41) is 2.84. The van der Waals surface area contributed by atoms with Crippen molar-refractivity contribution in [3.05, 3.63) is 65.5 Å². The van der Waals surface area contributed by atoms with Crippen LogP contribution in [0.4, 0.5) is 4.39 Å². The number of ether oxygens (including phenoxy) is 1. The standard InChI is InChI=1S/C18H20FNO2/c1-2-22-16-10-7-14(8-11-16)13-20-18(21)12-9-15-5-3-4-6-17(15)19/h3-8,10-11H,2,9,12-13H2,1H3,(H,20,21). The Morgan fingerprint density at radius 1 is 1.14 bits per heavy atom. The lowest BCUT2D eigenvalue weighted by Gasteiger charge is -2.07. The zero-order valence-electron chi connectivity index (χ0n) is 12.6. The predicted molar refractivity (Wildman–Crippen MR) is 84.2 cm³/mol. The molecule has 0 bridgehead atoms. The Balaban J connectivity index is 1.76. The van der Waals surface area contributed by atoms with Crippen molar-refractivity contribution in [2.24, 2.45) is 0 Å². The molecule has 0 fully saturated rings. The molecule has 2 aromatic carbocycles. The van der Waals surface area contributed by atoms with Gasteiger partial charge in [0.25, 0.3) is 0 Å². The van der Waals surface area contributed by atoms with Crippen LogP contribution < -0.4 is 10.1 Å². The Labute approximate surface area is 130 Å². The largest absolute Gasteiger partial charge is 0.494 e. The molecule has 22 heavy (non-hydrogen) atoms. The fourth-order valence-corrected chi connectivity index (χ4v) is 2.11. The molecule has 3 nitrogen and oxygen atoms in total. The molecule has 1 amide bonds. The van der Waals surface area contributed by atoms with Crippen molar-refractivity contribution in [2.75, 3.05) is 6.61 Å². The molecule has 0 aliphatic carbocycles. The maximum Gasteiger partial charge on any atom is 0.220 e. The summed E-state index contributed by atoms with van der Waals surface area (Å²) in [6.07, 6.45) is 0.680. The van der Waals surface area contributed by atoms with Gasteiger partial charge < -0.3 is 10.1 Å². The van der Waals surface area contributed by atoms with Gasteiger partial charge in [-0.1, -0.05) is 30.3 Å². The Bertz CT molecular complexity index is 611. The SMILES string of the molecule is CCOc1ccc(CNC(=O)CCc2ccccc2F)cc1. The Kier molecular flexibility index (Phi) is 5.95. The fourth-order valence-electron chi connectivity index (χ4n) is 2.11. The minimum Gasteiger partial charge on any atom is -0.494 e. The van der Waals surface area contributed by atoms with Crippen molar-refractivity contribution in [1.29, 1.82) is 0 Å². The summed E-state index contributed by atoms with van der Waals surface area (Å²) in [4.78, 5) is 11.8. The van der Waals surface area contributed by atoms with Crippen molar-refractivity contribution in [2.45, 2.75) is 26.3 Å². The van der Waals surface area contributed by atoms with Crippen LogP contribution in [0.15, 0.2) is 48.5 Å². The van der Waals surface area contributed by atoms with Gasteiger partial charge in [0.15, 0.2) is 0 Å². The van der Waals surface area contributed by atoms with Gasteiger partial charge in [0.2, 0.25) is 5.91 Å². The van der Waals surface area contributed by atoms with E-state index in [1.807, 2.05) is 31.2 Å². The molecular formula is C18H20FNO2. The lowest BCUT2D eigenvalue weighted by atomic mass is 10.1. The molecule has 0 unspecified atom stereocenters. The zero-order valence-corrected chi connectivity index (χ0v) is 12.6. The Morgan fingerprint density at radius 3 is 2.55 bits per heavy atom.